The Morgan fingerprint density at radius 3 is 2.65 bits per heavy atom. The average Bonchev–Trinajstić information content (AvgIpc) is 2.40. The van der Waals surface area contributed by atoms with Crippen molar-refractivity contribution in [2.75, 3.05) is 7.11 Å². The van der Waals surface area contributed by atoms with E-state index in [1.54, 1.807) is 7.11 Å². The molecule has 2 unspecified atom stereocenters. The lowest BCUT2D eigenvalue weighted by Gasteiger charge is -2.23. The van der Waals surface area contributed by atoms with Gasteiger partial charge in [-0.1, -0.05) is 24.3 Å². The van der Waals surface area contributed by atoms with Gasteiger partial charge in [-0.2, -0.15) is 0 Å². The van der Waals surface area contributed by atoms with Crippen LogP contribution in [-0.4, -0.2) is 13.2 Å². The summed E-state index contributed by atoms with van der Waals surface area (Å²) in [5.41, 5.74) is 1.31. The molecule has 2 nitrogen and oxygen atoms in total. The highest BCUT2D eigenvalue weighted by molar-refractivity contribution is 5.29. The van der Waals surface area contributed by atoms with Gasteiger partial charge in [0.15, 0.2) is 0 Å². The van der Waals surface area contributed by atoms with Crippen LogP contribution in [0.2, 0.25) is 0 Å². The number of rotatable bonds is 4. The maximum absolute atomic E-state index is 5.17. The predicted molar refractivity (Wildman–Crippen MR) is 71.3 cm³/mol. The molecule has 0 aliphatic heterocycles. The Balaban J connectivity index is 1.95. The van der Waals surface area contributed by atoms with E-state index in [4.69, 9.17) is 4.74 Å². The van der Waals surface area contributed by atoms with Crippen LogP contribution in [0.5, 0.6) is 5.75 Å². The van der Waals surface area contributed by atoms with Crippen molar-refractivity contribution in [3.63, 3.8) is 0 Å². The lowest BCUT2D eigenvalue weighted by atomic mass is 10.0. The molecule has 2 atom stereocenters. The largest absolute Gasteiger partial charge is 0.497 e. The minimum absolute atomic E-state index is 0.383. The summed E-state index contributed by atoms with van der Waals surface area (Å²) in [5, 5.41) is 3.64. The second-order valence-electron chi connectivity index (χ2n) is 4.63. The minimum Gasteiger partial charge on any atom is -0.497 e. The number of hydrogen-bond donors (Lipinski definition) is 1. The first-order valence-electron chi connectivity index (χ1n) is 6.36. The van der Waals surface area contributed by atoms with Crippen molar-refractivity contribution >= 4 is 0 Å². The molecule has 1 N–H and O–H groups in total. The molecule has 0 aromatic heterocycles. The van der Waals surface area contributed by atoms with Gasteiger partial charge in [0.25, 0.3) is 0 Å². The number of nitrogens with one attached hydrogen (secondary N) is 1. The van der Waals surface area contributed by atoms with Gasteiger partial charge < -0.3 is 10.1 Å². The van der Waals surface area contributed by atoms with E-state index in [1.165, 1.54) is 24.8 Å². The van der Waals surface area contributed by atoms with Crippen molar-refractivity contribution in [3.8, 4) is 5.75 Å². The highest BCUT2D eigenvalue weighted by atomic mass is 16.5. The molecule has 1 aliphatic rings. The van der Waals surface area contributed by atoms with Crippen molar-refractivity contribution in [3.05, 3.63) is 42.0 Å². The van der Waals surface area contributed by atoms with Crippen LogP contribution in [0.4, 0.5) is 0 Å². The molecule has 0 heterocycles. The maximum atomic E-state index is 5.17. The number of allylic oxidation sites excluding steroid dienone is 1. The van der Waals surface area contributed by atoms with Gasteiger partial charge in [0.2, 0.25) is 0 Å². The summed E-state index contributed by atoms with van der Waals surface area (Å²) in [6.07, 6.45) is 8.35. The Kier molecular flexibility index (Phi) is 4.21. The van der Waals surface area contributed by atoms with Gasteiger partial charge in [-0.25, -0.2) is 0 Å². The van der Waals surface area contributed by atoms with E-state index in [1.807, 2.05) is 12.1 Å². The smallest absolute Gasteiger partial charge is 0.118 e. The van der Waals surface area contributed by atoms with E-state index in [9.17, 15) is 0 Å². The van der Waals surface area contributed by atoms with Gasteiger partial charge in [0.1, 0.15) is 5.75 Å². The molecule has 0 amide bonds. The second kappa shape index (κ2) is 5.87. The van der Waals surface area contributed by atoms with Crippen LogP contribution in [0.1, 0.15) is 37.8 Å². The zero-order chi connectivity index (χ0) is 12.1. The van der Waals surface area contributed by atoms with Gasteiger partial charge in [-0.05, 0) is 43.9 Å². The molecular formula is C15H21NO. The Morgan fingerprint density at radius 1 is 1.29 bits per heavy atom. The van der Waals surface area contributed by atoms with Crippen molar-refractivity contribution in [1.82, 2.24) is 5.32 Å². The average molecular weight is 231 g/mol. The van der Waals surface area contributed by atoms with E-state index >= 15 is 0 Å². The van der Waals surface area contributed by atoms with Crippen molar-refractivity contribution < 1.29 is 4.74 Å². The molecule has 1 aromatic carbocycles. The first-order chi connectivity index (χ1) is 8.29. The highest BCUT2D eigenvalue weighted by Crippen LogP contribution is 2.19. The molecule has 0 fully saturated rings. The summed E-state index contributed by atoms with van der Waals surface area (Å²) in [6, 6.07) is 9.20. The number of methoxy groups -OCH3 is 1. The van der Waals surface area contributed by atoms with Crippen LogP contribution in [0.3, 0.4) is 0 Å². The monoisotopic (exact) mass is 231 g/mol. The third-order valence-electron chi connectivity index (χ3n) is 3.33. The third kappa shape index (κ3) is 3.34. The maximum Gasteiger partial charge on any atom is 0.118 e. The molecule has 2 rings (SSSR count). The van der Waals surface area contributed by atoms with Crippen LogP contribution < -0.4 is 10.1 Å². The lowest BCUT2D eigenvalue weighted by Crippen LogP contribution is -2.30. The number of ether oxygens (including phenoxy) is 1. The summed E-state index contributed by atoms with van der Waals surface area (Å²) >= 11 is 0. The Hall–Kier alpha value is -1.28. The third-order valence-corrected chi connectivity index (χ3v) is 3.33. The van der Waals surface area contributed by atoms with E-state index in [0.29, 0.717) is 12.1 Å². The zero-order valence-corrected chi connectivity index (χ0v) is 10.6. The molecule has 0 spiro atoms. The van der Waals surface area contributed by atoms with Gasteiger partial charge in [-0.3, -0.25) is 0 Å². The van der Waals surface area contributed by atoms with Crippen molar-refractivity contribution in [2.45, 2.75) is 38.3 Å². The van der Waals surface area contributed by atoms with E-state index < -0.39 is 0 Å². The lowest BCUT2D eigenvalue weighted by molar-refractivity contribution is 0.414. The molecule has 0 radical (unpaired) electrons. The molecule has 1 aliphatic carbocycles. The Bertz CT molecular complexity index is 369. The summed E-state index contributed by atoms with van der Waals surface area (Å²) < 4.78 is 5.17. The zero-order valence-electron chi connectivity index (χ0n) is 10.6. The van der Waals surface area contributed by atoms with Crippen molar-refractivity contribution in [2.24, 2.45) is 0 Å². The fourth-order valence-electron chi connectivity index (χ4n) is 2.26. The molecule has 0 bridgehead atoms. The molecule has 92 valence electrons. The highest BCUT2D eigenvalue weighted by Gasteiger charge is 2.12. The Morgan fingerprint density at radius 2 is 2.06 bits per heavy atom. The van der Waals surface area contributed by atoms with Crippen LogP contribution in [-0.2, 0) is 0 Å². The van der Waals surface area contributed by atoms with Gasteiger partial charge in [-0.15, -0.1) is 0 Å². The fourth-order valence-corrected chi connectivity index (χ4v) is 2.26. The number of benzene rings is 1. The minimum atomic E-state index is 0.383. The SMILES string of the molecule is COc1ccc(C(C)NC2C=CCCC2)cc1. The first kappa shape index (κ1) is 12.2. The molecule has 1 aromatic rings. The summed E-state index contributed by atoms with van der Waals surface area (Å²) in [5.74, 6) is 0.915. The predicted octanol–water partition coefficient (Wildman–Crippen LogP) is 3.45. The molecule has 0 saturated carbocycles. The first-order valence-corrected chi connectivity index (χ1v) is 6.36. The van der Waals surface area contributed by atoms with Crippen LogP contribution in [0, 0.1) is 0 Å². The standard InChI is InChI=1S/C15H21NO/c1-12(16-14-6-4-3-5-7-14)13-8-10-15(17-2)11-9-13/h4,6,8-12,14,16H,3,5,7H2,1-2H3. The molecular weight excluding hydrogens is 210 g/mol. The van der Waals surface area contributed by atoms with Crippen LogP contribution >= 0.6 is 0 Å². The van der Waals surface area contributed by atoms with E-state index in [-0.39, 0.29) is 0 Å². The Labute approximate surface area is 104 Å². The summed E-state index contributed by atoms with van der Waals surface area (Å²) in [7, 11) is 1.70. The van der Waals surface area contributed by atoms with E-state index in [2.05, 4.69) is 36.5 Å². The molecule has 2 heteroatoms. The summed E-state index contributed by atoms with van der Waals surface area (Å²) in [4.78, 5) is 0. The quantitative estimate of drug-likeness (QED) is 0.801. The van der Waals surface area contributed by atoms with Crippen molar-refractivity contribution in [1.29, 1.82) is 0 Å². The summed E-state index contributed by atoms with van der Waals surface area (Å²) in [6.45, 7) is 2.21. The normalized spacial score (nSPS) is 21.2. The van der Waals surface area contributed by atoms with Gasteiger partial charge in [0.05, 0.1) is 7.11 Å². The van der Waals surface area contributed by atoms with Gasteiger partial charge in [0, 0.05) is 12.1 Å². The van der Waals surface area contributed by atoms with Crippen LogP contribution in [0.25, 0.3) is 0 Å². The molecule has 0 saturated heterocycles. The van der Waals surface area contributed by atoms with Crippen LogP contribution in [0.15, 0.2) is 36.4 Å². The fraction of sp³-hybridized carbons (Fsp3) is 0.467. The topological polar surface area (TPSA) is 21.3 Å². The van der Waals surface area contributed by atoms with E-state index in [0.717, 1.165) is 5.75 Å². The number of hydrogen-bond acceptors (Lipinski definition) is 2. The van der Waals surface area contributed by atoms with Gasteiger partial charge >= 0.3 is 0 Å². The second-order valence-corrected chi connectivity index (χ2v) is 4.63. The molecule has 17 heavy (non-hydrogen) atoms.